The number of nitrogens with one attached hydrogen (secondary N) is 1. The van der Waals surface area contributed by atoms with E-state index in [0.717, 1.165) is 12.8 Å². The standard InChI is InChI=1S/C10H17NO3S/c1-3-4-5-6-10-7-8-14-15(12,13)11-9(10)2/h9-11H,3-4,7-8H2,1-2H3/t9-,10+/m0/s1. The van der Waals surface area contributed by atoms with Crippen LogP contribution in [0.3, 0.4) is 0 Å². The molecule has 1 aliphatic rings. The Hall–Kier alpha value is -0.570. The Labute approximate surface area is 91.7 Å². The van der Waals surface area contributed by atoms with Gasteiger partial charge in [-0.2, -0.15) is 13.1 Å². The first kappa shape index (κ1) is 12.5. The SMILES string of the molecule is CCCC#C[C@@H]1CCOS(=O)(=O)N[C@H]1C. The largest absolute Gasteiger partial charge is 0.336 e. The highest BCUT2D eigenvalue weighted by Gasteiger charge is 2.25. The molecule has 0 radical (unpaired) electrons. The van der Waals surface area contributed by atoms with Gasteiger partial charge in [-0.15, -0.1) is 5.92 Å². The highest BCUT2D eigenvalue weighted by atomic mass is 32.2. The van der Waals surface area contributed by atoms with Gasteiger partial charge in [0, 0.05) is 18.4 Å². The van der Waals surface area contributed by atoms with E-state index in [1.54, 1.807) is 0 Å². The average molecular weight is 231 g/mol. The molecule has 0 saturated carbocycles. The van der Waals surface area contributed by atoms with Crippen molar-refractivity contribution in [1.29, 1.82) is 0 Å². The van der Waals surface area contributed by atoms with Gasteiger partial charge < -0.3 is 0 Å². The molecule has 1 aliphatic heterocycles. The van der Waals surface area contributed by atoms with Crippen LogP contribution in [-0.4, -0.2) is 21.1 Å². The van der Waals surface area contributed by atoms with E-state index in [9.17, 15) is 8.42 Å². The molecule has 1 heterocycles. The maximum absolute atomic E-state index is 11.2. The van der Waals surface area contributed by atoms with Gasteiger partial charge >= 0.3 is 10.3 Å². The van der Waals surface area contributed by atoms with Crippen LogP contribution in [-0.2, 0) is 14.5 Å². The summed E-state index contributed by atoms with van der Waals surface area (Å²) >= 11 is 0. The lowest BCUT2D eigenvalue weighted by molar-refractivity contribution is 0.309. The molecule has 0 aromatic rings. The molecule has 86 valence electrons. The zero-order chi connectivity index (χ0) is 11.3. The van der Waals surface area contributed by atoms with Crippen LogP contribution in [0.15, 0.2) is 0 Å². The second-order valence-corrected chi connectivity index (χ2v) is 5.03. The molecule has 0 spiro atoms. The van der Waals surface area contributed by atoms with Crippen molar-refractivity contribution in [3.63, 3.8) is 0 Å². The van der Waals surface area contributed by atoms with Crippen molar-refractivity contribution in [2.24, 2.45) is 5.92 Å². The first-order valence-corrected chi connectivity index (χ1v) is 6.61. The molecule has 4 nitrogen and oxygen atoms in total. The van der Waals surface area contributed by atoms with Crippen LogP contribution in [0.1, 0.15) is 33.1 Å². The Bertz CT molecular complexity index is 353. The fourth-order valence-corrected chi connectivity index (χ4v) is 2.41. The van der Waals surface area contributed by atoms with Crippen LogP contribution in [0.4, 0.5) is 0 Å². The van der Waals surface area contributed by atoms with Crippen LogP contribution in [0.25, 0.3) is 0 Å². The molecule has 0 bridgehead atoms. The molecule has 0 unspecified atom stereocenters. The summed E-state index contributed by atoms with van der Waals surface area (Å²) in [6, 6.07) is -0.179. The molecule has 1 N–H and O–H groups in total. The lowest BCUT2D eigenvalue weighted by atomic mass is 9.99. The van der Waals surface area contributed by atoms with E-state index in [1.807, 2.05) is 6.92 Å². The average Bonchev–Trinajstić information content (AvgIpc) is 2.25. The van der Waals surface area contributed by atoms with Crippen molar-refractivity contribution in [2.75, 3.05) is 6.61 Å². The highest BCUT2D eigenvalue weighted by Crippen LogP contribution is 2.14. The number of rotatable bonds is 1. The van der Waals surface area contributed by atoms with E-state index in [-0.39, 0.29) is 18.6 Å². The monoisotopic (exact) mass is 231 g/mol. The van der Waals surface area contributed by atoms with E-state index in [0.29, 0.717) is 6.42 Å². The second-order valence-electron chi connectivity index (χ2n) is 3.65. The summed E-state index contributed by atoms with van der Waals surface area (Å²) in [6.07, 6.45) is 2.54. The van der Waals surface area contributed by atoms with Crippen molar-refractivity contribution in [1.82, 2.24) is 4.72 Å². The predicted molar refractivity (Wildman–Crippen MR) is 58.3 cm³/mol. The maximum atomic E-state index is 11.2. The van der Waals surface area contributed by atoms with E-state index in [4.69, 9.17) is 4.18 Å². The molecule has 0 amide bonds. The first-order valence-electron chi connectivity index (χ1n) is 5.20. The highest BCUT2D eigenvalue weighted by molar-refractivity contribution is 7.84. The Kier molecular flexibility index (Phi) is 4.58. The topological polar surface area (TPSA) is 55.4 Å². The van der Waals surface area contributed by atoms with Gasteiger partial charge in [0.1, 0.15) is 0 Å². The third-order valence-corrected chi connectivity index (χ3v) is 3.40. The molecule has 5 heteroatoms. The zero-order valence-electron chi connectivity index (χ0n) is 9.12. The van der Waals surface area contributed by atoms with Gasteiger partial charge in [0.05, 0.1) is 6.61 Å². The van der Waals surface area contributed by atoms with Crippen molar-refractivity contribution in [2.45, 2.75) is 39.2 Å². The minimum Gasteiger partial charge on any atom is -0.258 e. The van der Waals surface area contributed by atoms with Crippen LogP contribution in [0.5, 0.6) is 0 Å². The normalized spacial score (nSPS) is 30.0. The molecule has 15 heavy (non-hydrogen) atoms. The summed E-state index contributed by atoms with van der Waals surface area (Å²) in [4.78, 5) is 0. The van der Waals surface area contributed by atoms with Crippen molar-refractivity contribution < 1.29 is 12.6 Å². The van der Waals surface area contributed by atoms with Crippen LogP contribution < -0.4 is 4.72 Å². The van der Waals surface area contributed by atoms with Gasteiger partial charge in [-0.25, -0.2) is 0 Å². The molecule has 0 aliphatic carbocycles. The van der Waals surface area contributed by atoms with Crippen molar-refractivity contribution >= 4 is 10.3 Å². The Morgan fingerprint density at radius 2 is 2.27 bits per heavy atom. The van der Waals surface area contributed by atoms with E-state index in [1.165, 1.54) is 0 Å². The Morgan fingerprint density at radius 3 is 2.93 bits per heavy atom. The van der Waals surface area contributed by atoms with Gasteiger partial charge in [-0.05, 0) is 19.8 Å². The Balaban J connectivity index is 2.64. The smallest absolute Gasteiger partial charge is 0.258 e. The minimum atomic E-state index is -3.55. The van der Waals surface area contributed by atoms with Crippen LogP contribution in [0, 0.1) is 17.8 Å². The summed E-state index contributed by atoms with van der Waals surface area (Å²) in [6.45, 7) is 4.10. The number of hydrogen-bond acceptors (Lipinski definition) is 3. The fourth-order valence-electron chi connectivity index (χ4n) is 1.40. The van der Waals surface area contributed by atoms with Gasteiger partial charge in [-0.1, -0.05) is 12.8 Å². The maximum Gasteiger partial charge on any atom is 0.336 e. The molecule has 1 rings (SSSR count). The van der Waals surface area contributed by atoms with Gasteiger partial charge in [0.25, 0.3) is 0 Å². The predicted octanol–water partition coefficient (Wildman–Crippen LogP) is 1.05. The lowest BCUT2D eigenvalue weighted by Gasteiger charge is -2.13. The fraction of sp³-hybridized carbons (Fsp3) is 0.800. The summed E-state index contributed by atoms with van der Waals surface area (Å²) in [5, 5.41) is 0. The summed E-state index contributed by atoms with van der Waals surface area (Å²) in [5.41, 5.74) is 0. The van der Waals surface area contributed by atoms with E-state index >= 15 is 0 Å². The van der Waals surface area contributed by atoms with Gasteiger partial charge in [0.15, 0.2) is 0 Å². The molecule has 2 atom stereocenters. The van der Waals surface area contributed by atoms with E-state index < -0.39 is 10.3 Å². The third-order valence-electron chi connectivity index (χ3n) is 2.26. The second kappa shape index (κ2) is 5.50. The minimum absolute atomic E-state index is 0.0498. The van der Waals surface area contributed by atoms with Gasteiger partial charge in [-0.3, -0.25) is 4.18 Å². The molecule has 0 aromatic carbocycles. The summed E-state index contributed by atoms with van der Waals surface area (Å²) < 4.78 is 29.5. The molecule has 0 aromatic heterocycles. The van der Waals surface area contributed by atoms with Crippen LogP contribution in [0.2, 0.25) is 0 Å². The molecule has 1 saturated heterocycles. The number of hydrogen-bond donors (Lipinski definition) is 1. The molecular formula is C10H17NO3S. The summed E-state index contributed by atoms with van der Waals surface area (Å²) in [7, 11) is -3.55. The van der Waals surface area contributed by atoms with E-state index in [2.05, 4.69) is 23.5 Å². The quantitative estimate of drug-likeness (QED) is 0.686. The van der Waals surface area contributed by atoms with Crippen molar-refractivity contribution in [3.05, 3.63) is 0 Å². The lowest BCUT2D eigenvalue weighted by Crippen LogP contribution is -2.35. The third kappa shape index (κ3) is 4.20. The van der Waals surface area contributed by atoms with Gasteiger partial charge in [0.2, 0.25) is 0 Å². The zero-order valence-corrected chi connectivity index (χ0v) is 9.93. The molecule has 1 fully saturated rings. The molecular weight excluding hydrogens is 214 g/mol. The van der Waals surface area contributed by atoms with Crippen LogP contribution >= 0.6 is 0 Å². The van der Waals surface area contributed by atoms with Crippen molar-refractivity contribution in [3.8, 4) is 11.8 Å². The first-order chi connectivity index (χ1) is 7.05. The Morgan fingerprint density at radius 1 is 1.53 bits per heavy atom. The number of unbranched alkanes of at least 4 members (excludes halogenated alkanes) is 1. The summed E-state index contributed by atoms with van der Waals surface area (Å²) in [5.74, 6) is 6.19.